The molecule has 3 heterocycles. The molecule has 0 unspecified atom stereocenters. The van der Waals surface area contributed by atoms with Crippen molar-refractivity contribution >= 4 is 39.0 Å². The van der Waals surface area contributed by atoms with E-state index in [9.17, 15) is 4.79 Å². The van der Waals surface area contributed by atoms with Gasteiger partial charge in [0.05, 0.1) is 14.4 Å². The summed E-state index contributed by atoms with van der Waals surface area (Å²) in [7, 11) is 0. The molecule has 7 heteroatoms. The average Bonchev–Trinajstić information content (AvgIpc) is 3.15. The van der Waals surface area contributed by atoms with Crippen molar-refractivity contribution in [3.8, 4) is 10.6 Å². The lowest BCUT2D eigenvalue weighted by Crippen LogP contribution is -2.12. The molecule has 3 aromatic heterocycles. The van der Waals surface area contributed by atoms with Crippen LogP contribution in [0.1, 0.15) is 12.1 Å². The average molecular weight is 377 g/mol. The van der Waals surface area contributed by atoms with Gasteiger partial charge in [0.2, 0.25) is 5.91 Å². The Balaban J connectivity index is 1.57. The number of anilines is 1. The minimum Gasteiger partial charge on any atom is -0.309 e. The Hall–Kier alpha value is -1.99. The van der Waals surface area contributed by atoms with E-state index in [1.807, 2.05) is 36.4 Å². The van der Waals surface area contributed by atoms with Crippen LogP contribution in [0.15, 0.2) is 46.4 Å². The SMILES string of the molecule is O=C(CCc1ccccn1)Nc1cc(-c2ccc(Br)s2)[nH]n1. The third kappa shape index (κ3) is 3.80. The standard InChI is InChI=1S/C15H13BrN4OS/c16-13-6-5-12(22-13)11-9-14(20-19-11)18-15(21)7-4-10-3-1-2-8-17-10/h1-3,5-6,8-9H,4,7H2,(H2,18,19,20,21). The number of rotatable bonds is 5. The summed E-state index contributed by atoms with van der Waals surface area (Å²) < 4.78 is 1.05. The van der Waals surface area contributed by atoms with Crippen LogP contribution >= 0.6 is 27.3 Å². The fraction of sp³-hybridized carbons (Fsp3) is 0.133. The number of amides is 1. The summed E-state index contributed by atoms with van der Waals surface area (Å²) in [4.78, 5) is 17.2. The zero-order valence-electron chi connectivity index (χ0n) is 11.5. The number of hydrogen-bond acceptors (Lipinski definition) is 4. The summed E-state index contributed by atoms with van der Waals surface area (Å²) >= 11 is 5.03. The van der Waals surface area contributed by atoms with Crippen LogP contribution in [0.5, 0.6) is 0 Å². The van der Waals surface area contributed by atoms with E-state index >= 15 is 0 Å². The second kappa shape index (κ2) is 6.85. The van der Waals surface area contributed by atoms with Crippen LogP contribution in [-0.2, 0) is 11.2 Å². The van der Waals surface area contributed by atoms with Gasteiger partial charge in [-0.2, -0.15) is 5.10 Å². The van der Waals surface area contributed by atoms with E-state index in [0.717, 1.165) is 20.1 Å². The number of pyridine rings is 1. The first-order chi connectivity index (χ1) is 10.7. The summed E-state index contributed by atoms with van der Waals surface area (Å²) in [6, 6.07) is 11.5. The first-order valence-electron chi connectivity index (χ1n) is 6.71. The number of aryl methyl sites for hydroxylation is 1. The maximum Gasteiger partial charge on any atom is 0.225 e. The van der Waals surface area contributed by atoms with Crippen LogP contribution in [0, 0.1) is 0 Å². The lowest BCUT2D eigenvalue weighted by atomic mass is 10.2. The number of aromatic amines is 1. The van der Waals surface area contributed by atoms with Gasteiger partial charge in [-0.15, -0.1) is 11.3 Å². The molecule has 22 heavy (non-hydrogen) atoms. The Morgan fingerprint density at radius 3 is 2.95 bits per heavy atom. The maximum absolute atomic E-state index is 11.9. The van der Waals surface area contributed by atoms with Gasteiger partial charge < -0.3 is 5.32 Å². The molecule has 2 N–H and O–H groups in total. The van der Waals surface area contributed by atoms with Gasteiger partial charge in [0, 0.05) is 24.4 Å². The molecule has 0 saturated carbocycles. The first kappa shape index (κ1) is 14.9. The fourth-order valence-electron chi connectivity index (χ4n) is 1.96. The van der Waals surface area contributed by atoms with Crippen molar-refractivity contribution in [2.24, 2.45) is 0 Å². The van der Waals surface area contributed by atoms with Crippen LogP contribution in [-0.4, -0.2) is 21.1 Å². The highest BCUT2D eigenvalue weighted by Gasteiger charge is 2.09. The summed E-state index contributed by atoms with van der Waals surface area (Å²) in [6.07, 6.45) is 2.72. The number of nitrogens with one attached hydrogen (secondary N) is 2. The van der Waals surface area contributed by atoms with Crippen molar-refractivity contribution in [1.29, 1.82) is 0 Å². The molecule has 5 nitrogen and oxygen atoms in total. The number of nitrogens with zero attached hydrogens (tertiary/aromatic N) is 2. The van der Waals surface area contributed by atoms with Crippen molar-refractivity contribution in [2.45, 2.75) is 12.8 Å². The fourth-order valence-corrected chi connectivity index (χ4v) is 3.32. The van der Waals surface area contributed by atoms with E-state index < -0.39 is 0 Å². The molecule has 0 atom stereocenters. The number of carbonyl (C=O) groups excluding carboxylic acids is 1. The molecule has 112 valence electrons. The molecule has 0 aliphatic heterocycles. The Kier molecular flexibility index (Phi) is 4.65. The zero-order chi connectivity index (χ0) is 15.4. The van der Waals surface area contributed by atoms with Crippen molar-refractivity contribution < 1.29 is 4.79 Å². The van der Waals surface area contributed by atoms with Crippen LogP contribution in [0.25, 0.3) is 10.6 Å². The van der Waals surface area contributed by atoms with Gasteiger partial charge in [0.1, 0.15) is 0 Å². The largest absolute Gasteiger partial charge is 0.309 e. The number of carbonyl (C=O) groups is 1. The third-order valence-electron chi connectivity index (χ3n) is 3.02. The van der Waals surface area contributed by atoms with Crippen LogP contribution in [0.4, 0.5) is 5.82 Å². The number of halogens is 1. The van der Waals surface area contributed by atoms with Crippen LogP contribution in [0.2, 0.25) is 0 Å². The molecule has 0 aromatic carbocycles. The van der Waals surface area contributed by atoms with Gasteiger partial charge in [0.25, 0.3) is 0 Å². The molecule has 0 spiro atoms. The Labute approximate surface area is 139 Å². The van der Waals surface area contributed by atoms with E-state index in [0.29, 0.717) is 18.7 Å². The van der Waals surface area contributed by atoms with Crippen molar-refractivity contribution in [3.63, 3.8) is 0 Å². The molecule has 0 aliphatic carbocycles. The molecule has 0 radical (unpaired) electrons. The molecule has 3 rings (SSSR count). The second-order valence-corrected chi connectivity index (χ2v) is 7.10. The summed E-state index contributed by atoms with van der Waals surface area (Å²) in [6.45, 7) is 0. The highest BCUT2D eigenvalue weighted by molar-refractivity contribution is 9.11. The molecule has 1 amide bonds. The molecule has 3 aromatic rings. The second-order valence-electron chi connectivity index (χ2n) is 4.64. The smallest absolute Gasteiger partial charge is 0.225 e. The minimum absolute atomic E-state index is 0.0731. The van der Waals surface area contributed by atoms with Gasteiger partial charge in [0.15, 0.2) is 5.82 Å². The summed E-state index contributed by atoms with van der Waals surface area (Å²) in [5.41, 5.74) is 1.79. The molecule has 0 saturated heterocycles. The minimum atomic E-state index is -0.0731. The monoisotopic (exact) mass is 376 g/mol. The van der Waals surface area contributed by atoms with Crippen LogP contribution in [0.3, 0.4) is 0 Å². The quantitative estimate of drug-likeness (QED) is 0.709. The van der Waals surface area contributed by atoms with Gasteiger partial charge >= 0.3 is 0 Å². The van der Waals surface area contributed by atoms with E-state index in [2.05, 4.69) is 36.4 Å². The van der Waals surface area contributed by atoms with Crippen LogP contribution < -0.4 is 5.32 Å². The zero-order valence-corrected chi connectivity index (χ0v) is 13.9. The maximum atomic E-state index is 11.9. The summed E-state index contributed by atoms with van der Waals surface area (Å²) in [5, 5.41) is 9.84. The number of hydrogen-bond donors (Lipinski definition) is 2. The predicted octanol–water partition coefficient (Wildman–Crippen LogP) is 3.87. The Bertz CT molecular complexity index is 769. The van der Waals surface area contributed by atoms with Gasteiger partial charge in [-0.25, -0.2) is 0 Å². The molecule has 0 bridgehead atoms. The summed E-state index contributed by atoms with van der Waals surface area (Å²) in [5.74, 6) is 0.460. The highest BCUT2D eigenvalue weighted by Crippen LogP contribution is 2.30. The topological polar surface area (TPSA) is 70.7 Å². The van der Waals surface area contributed by atoms with Crippen molar-refractivity contribution in [1.82, 2.24) is 15.2 Å². The predicted molar refractivity (Wildman–Crippen MR) is 90.8 cm³/mol. The van der Waals surface area contributed by atoms with Crippen molar-refractivity contribution in [3.05, 3.63) is 52.1 Å². The molecule has 0 fully saturated rings. The number of aromatic nitrogens is 3. The molecular weight excluding hydrogens is 364 g/mol. The van der Waals surface area contributed by atoms with Gasteiger partial charge in [-0.1, -0.05) is 6.07 Å². The van der Waals surface area contributed by atoms with Crippen molar-refractivity contribution in [2.75, 3.05) is 5.32 Å². The highest BCUT2D eigenvalue weighted by atomic mass is 79.9. The lowest BCUT2D eigenvalue weighted by molar-refractivity contribution is -0.116. The van der Waals surface area contributed by atoms with Gasteiger partial charge in [-0.3, -0.25) is 14.9 Å². The lowest BCUT2D eigenvalue weighted by Gasteiger charge is -2.01. The van der Waals surface area contributed by atoms with E-state index in [-0.39, 0.29) is 5.91 Å². The van der Waals surface area contributed by atoms with E-state index in [4.69, 9.17) is 0 Å². The number of thiophene rings is 1. The normalized spacial score (nSPS) is 10.6. The third-order valence-corrected chi connectivity index (χ3v) is 4.68. The van der Waals surface area contributed by atoms with E-state index in [1.54, 1.807) is 17.5 Å². The van der Waals surface area contributed by atoms with Gasteiger partial charge in [-0.05, 0) is 46.6 Å². The molecule has 0 aliphatic rings. The first-order valence-corrected chi connectivity index (χ1v) is 8.32. The molecular formula is C15H13BrN4OS. The van der Waals surface area contributed by atoms with E-state index in [1.165, 1.54) is 0 Å². The Morgan fingerprint density at radius 2 is 2.23 bits per heavy atom. The Morgan fingerprint density at radius 1 is 1.32 bits per heavy atom. The number of H-pyrrole nitrogens is 1.